The second-order valence-electron chi connectivity index (χ2n) is 3.39. The summed E-state index contributed by atoms with van der Waals surface area (Å²) in [5.74, 6) is 2.26. The molecular weight excluding hydrogens is 212 g/mol. The lowest BCUT2D eigenvalue weighted by Gasteiger charge is -2.04. The van der Waals surface area contributed by atoms with Crippen LogP contribution in [0.1, 0.15) is 16.1 Å². The van der Waals surface area contributed by atoms with Crippen LogP contribution in [0.2, 0.25) is 0 Å². The number of benzene rings is 1. The van der Waals surface area contributed by atoms with Gasteiger partial charge in [-0.1, -0.05) is 18.1 Å². The Labute approximate surface area is 99.5 Å². The first-order chi connectivity index (χ1) is 8.29. The predicted octanol–water partition coefficient (Wildman–Crippen LogP) is 2.32. The van der Waals surface area contributed by atoms with E-state index >= 15 is 0 Å². The molecule has 0 saturated heterocycles. The minimum Gasteiger partial charge on any atom is -0.321 e. The molecule has 0 aliphatic heterocycles. The SMILES string of the molecule is C#Cc1cccc(NC(=O)c2ccccn2)c1. The quantitative estimate of drug-likeness (QED) is 0.792. The highest BCUT2D eigenvalue weighted by molar-refractivity contribution is 6.02. The highest BCUT2D eigenvalue weighted by Crippen LogP contribution is 2.10. The molecule has 0 saturated carbocycles. The van der Waals surface area contributed by atoms with Gasteiger partial charge in [-0.25, -0.2) is 0 Å². The Bertz CT molecular complexity index is 570. The largest absolute Gasteiger partial charge is 0.321 e. The van der Waals surface area contributed by atoms with E-state index in [9.17, 15) is 4.79 Å². The van der Waals surface area contributed by atoms with E-state index in [1.165, 1.54) is 0 Å². The monoisotopic (exact) mass is 222 g/mol. The Balaban J connectivity index is 2.17. The molecule has 1 aromatic carbocycles. The standard InChI is InChI=1S/C14H10N2O/c1-2-11-6-5-7-12(10-11)16-14(17)13-8-3-4-9-15-13/h1,3-10H,(H,16,17). The van der Waals surface area contributed by atoms with Gasteiger partial charge in [0.1, 0.15) is 5.69 Å². The van der Waals surface area contributed by atoms with Crippen LogP contribution in [0.4, 0.5) is 5.69 Å². The van der Waals surface area contributed by atoms with Crippen LogP contribution in [0, 0.1) is 12.3 Å². The van der Waals surface area contributed by atoms with Gasteiger partial charge in [0.15, 0.2) is 0 Å². The Morgan fingerprint density at radius 3 is 2.82 bits per heavy atom. The fraction of sp³-hybridized carbons (Fsp3) is 0. The van der Waals surface area contributed by atoms with Crippen molar-refractivity contribution in [1.82, 2.24) is 4.98 Å². The first kappa shape index (κ1) is 10.9. The summed E-state index contributed by atoms with van der Waals surface area (Å²) in [5, 5.41) is 2.74. The van der Waals surface area contributed by atoms with Crippen molar-refractivity contribution in [2.45, 2.75) is 0 Å². The molecule has 17 heavy (non-hydrogen) atoms. The predicted molar refractivity (Wildman–Crippen MR) is 66.6 cm³/mol. The second kappa shape index (κ2) is 4.95. The molecule has 1 N–H and O–H groups in total. The van der Waals surface area contributed by atoms with Crippen molar-refractivity contribution >= 4 is 11.6 Å². The molecule has 0 fully saturated rings. The fourth-order valence-corrected chi connectivity index (χ4v) is 1.38. The van der Waals surface area contributed by atoms with E-state index in [4.69, 9.17) is 6.42 Å². The van der Waals surface area contributed by atoms with Crippen molar-refractivity contribution < 1.29 is 4.79 Å². The van der Waals surface area contributed by atoms with Crippen molar-refractivity contribution in [2.24, 2.45) is 0 Å². The van der Waals surface area contributed by atoms with Crippen LogP contribution in [0.3, 0.4) is 0 Å². The highest BCUT2D eigenvalue weighted by Gasteiger charge is 2.06. The summed E-state index contributed by atoms with van der Waals surface area (Å²) in [6.45, 7) is 0. The van der Waals surface area contributed by atoms with Crippen molar-refractivity contribution in [2.75, 3.05) is 5.32 Å². The zero-order valence-electron chi connectivity index (χ0n) is 9.05. The molecule has 3 heteroatoms. The zero-order valence-corrected chi connectivity index (χ0v) is 9.05. The van der Waals surface area contributed by atoms with Gasteiger partial charge in [0.2, 0.25) is 0 Å². The van der Waals surface area contributed by atoms with Gasteiger partial charge in [-0.15, -0.1) is 6.42 Å². The fourth-order valence-electron chi connectivity index (χ4n) is 1.38. The molecular formula is C14H10N2O. The number of carbonyl (C=O) groups excluding carboxylic acids is 1. The third kappa shape index (κ3) is 2.70. The number of nitrogens with one attached hydrogen (secondary N) is 1. The third-order valence-electron chi connectivity index (χ3n) is 2.18. The summed E-state index contributed by atoms with van der Waals surface area (Å²) in [5.41, 5.74) is 1.76. The van der Waals surface area contributed by atoms with E-state index in [1.807, 2.05) is 0 Å². The number of nitrogens with zero attached hydrogens (tertiary/aromatic N) is 1. The molecule has 0 spiro atoms. The van der Waals surface area contributed by atoms with Crippen LogP contribution < -0.4 is 5.32 Å². The van der Waals surface area contributed by atoms with Crippen molar-refractivity contribution in [3.63, 3.8) is 0 Å². The Morgan fingerprint density at radius 1 is 1.24 bits per heavy atom. The van der Waals surface area contributed by atoms with Gasteiger partial charge < -0.3 is 5.32 Å². The van der Waals surface area contributed by atoms with E-state index in [-0.39, 0.29) is 5.91 Å². The number of aromatic nitrogens is 1. The van der Waals surface area contributed by atoms with Crippen LogP contribution in [0.5, 0.6) is 0 Å². The van der Waals surface area contributed by atoms with Crippen molar-refractivity contribution in [3.8, 4) is 12.3 Å². The molecule has 1 amide bonds. The third-order valence-corrected chi connectivity index (χ3v) is 2.18. The van der Waals surface area contributed by atoms with Crippen LogP contribution in [-0.4, -0.2) is 10.9 Å². The lowest BCUT2D eigenvalue weighted by Crippen LogP contribution is -2.13. The number of hydrogen-bond acceptors (Lipinski definition) is 2. The molecule has 2 rings (SSSR count). The average Bonchev–Trinajstić information content (AvgIpc) is 2.40. The van der Waals surface area contributed by atoms with Gasteiger partial charge in [0.25, 0.3) is 5.91 Å². The number of amides is 1. The van der Waals surface area contributed by atoms with E-state index in [2.05, 4.69) is 16.2 Å². The average molecular weight is 222 g/mol. The molecule has 1 aromatic heterocycles. The Hall–Kier alpha value is -2.60. The van der Waals surface area contributed by atoms with Gasteiger partial charge in [0.05, 0.1) is 0 Å². The molecule has 0 unspecified atom stereocenters. The molecule has 1 heterocycles. The van der Waals surface area contributed by atoms with Gasteiger partial charge in [-0.05, 0) is 30.3 Å². The summed E-state index contributed by atoms with van der Waals surface area (Å²) in [6, 6.07) is 12.3. The second-order valence-corrected chi connectivity index (χ2v) is 3.39. The maximum absolute atomic E-state index is 11.8. The van der Waals surface area contributed by atoms with E-state index in [0.29, 0.717) is 11.4 Å². The van der Waals surface area contributed by atoms with E-state index in [1.54, 1.807) is 48.7 Å². The number of hydrogen-bond donors (Lipinski definition) is 1. The molecule has 3 nitrogen and oxygen atoms in total. The molecule has 2 aromatic rings. The minimum atomic E-state index is -0.250. The summed E-state index contributed by atoms with van der Waals surface area (Å²) in [4.78, 5) is 15.8. The molecule has 0 aliphatic rings. The van der Waals surface area contributed by atoms with Gasteiger partial charge in [-0.2, -0.15) is 0 Å². The van der Waals surface area contributed by atoms with Crippen LogP contribution >= 0.6 is 0 Å². The van der Waals surface area contributed by atoms with Crippen LogP contribution in [-0.2, 0) is 0 Å². The molecule has 0 radical (unpaired) electrons. The topological polar surface area (TPSA) is 42.0 Å². The summed E-state index contributed by atoms with van der Waals surface area (Å²) < 4.78 is 0. The number of carbonyl (C=O) groups is 1. The van der Waals surface area contributed by atoms with Gasteiger partial charge in [-0.3, -0.25) is 9.78 Å². The Kier molecular flexibility index (Phi) is 3.18. The smallest absolute Gasteiger partial charge is 0.274 e. The van der Waals surface area contributed by atoms with Crippen molar-refractivity contribution in [1.29, 1.82) is 0 Å². The van der Waals surface area contributed by atoms with Gasteiger partial charge in [0, 0.05) is 17.4 Å². The van der Waals surface area contributed by atoms with Crippen LogP contribution in [0.15, 0.2) is 48.7 Å². The van der Waals surface area contributed by atoms with E-state index < -0.39 is 0 Å². The summed E-state index contributed by atoms with van der Waals surface area (Å²) >= 11 is 0. The summed E-state index contributed by atoms with van der Waals surface area (Å²) in [7, 11) is 0. The number of rotatable bonds is 2. The maximum Gasteiger partial charge on any atom is 0.274 e. The number of pyridine rings is 1. The highest BCUT2D eigenvalue weighted by atomic mass is 16.1. The molecule has 0 bridgehead atoms. The number of anilines is 1. The van der Waals surface area contributed by atoms with Gasteiger partial charge >= 0.3 is 0 Å². The Morgan fingerprint density at radius 2 is 2.12 bits per heavy atom. The van der Waals surface area contributed by atoms with E-state index in [0.717, 1.165) is 5.56 Å². The first-order valence-electron chi connectivity index (χ1n) is 5.08. The lowest BCUT2D eigenvalue weighted by molar-refractivity contribution is 0.102. The number of terminal acetylenes is 1. The zero-order chi connectivity index (χ0) is 12.1. The lowest BCUT2D eigenvalue weighted by atomic mass is 10.2. The maximum atomic E-state index is 11.8. The first-order valence-corrected chi connectivity index (χ1v) is 5.08. The van der Waals surface area contributed by atoms with Crippen molar-refractivity contribution in [3.05, 3.63) is 59.9 Å². The molecule has 0 atom stereocenters. The normalized spacial score (nSPS) is 9.35. The minimum absolute atomic E-state index is 0.250. The summed E-state index contributed by atoms with van der Waals surface area (Å²) in [6.07, 6.45) is 6.86. The molecule has 0 aliphatic carbocycles. The molecule has 82 valence electrons. The van der Waals surface area contributed by atoms with Crippen LogP contribution in [0.25, 0.3) is 0 Å².